The third kappa shape index (κ3) is 4.77. The smallest absolute Gasteiger partial charge is 0.432 e. The van der Waals surface area contributed by atoms with Crippen molar-refractivity contribution in [3.05, 3.63) is 83.9 Å². The molecule has 1 aliphatic rings. The first-order chi connectivity index (χ1) is 15.9. The van der Waals surface area contributed by atoms with E-state index >= 15 is 0 Å². The molecule has 10 heteroatoms. The Morgan fingerprint density at radius 2 is 1.58 bits per heavy atom. The summed E-state index contributed by atoms with van der Waals surface area (Å²) in [6.45, 7) is 0.104. The summed E-state index contributed by atoms with van der Waals surface area (Å²) in [5.41, 5.74) is 2.79. The average molecular weight is 471 g/mol. The third-order valence-electron chi connectivity index (χ3n) is 5.22. The number of carbonyl (C=O) groups excluding carboxylic acids is 1. The lowest BCUT2D eigenvalue weighted by Crippen LogP contribution is -2.43. The minimum Gasteiger partial charge on any atom is -0.497 e. The number of hydrogen-bond acceptors (Lipinski definition) is 7. The molecule has 0 aliphatic carbocycles. The van der Waals surface area contributed by atoms with E-state index in [1.165, 1.54) is 17.6 Å². The Balaban J connectivity index is 1.59. The molecule has 1 amide bonds. The molecular formula is C23H22N2O7S. The van der Waals surface area contributed by atoms with Crippen LogP contribution in [-0.2, 0) is 21.2 Å². The molecule has 3 aromatic rings. The summed E-state index contributed by atoms with van der Waals surface area (Å²) in [4.78, 5) is 11.7. The van der Waals surface area contributed by atoms with Crippen molar-refractivity contribution in [3.63, 3.8) is 0 Å². The molecule has 3 aromatic carbocycles. The molecule has 0 saturated carbocycles. The van der Waals surface area contributed by atoms with Gasteiger partial charge in [0.25, 0.3) is 0 Å². The van der Waals surface area contributed by atoms with Crippen molar-refractivity contribution in [1.82, 2.24) is 9.79 Å². The number of hydroxylamine groups is 1. The van der Waals surface area contributed by atoms with Gasteiger partial charge in [0.15, 0.2) is 6.23 Å². The fraction of sp³-hybridized carbons (Fsp3) is 0.174. The van der Waals surface area contributed by atoms with E-state index in [1.54, 1.807) is 55.6 Å². The van der Waals surface area contributed by atoms with E-state index in [0.29, 0.717) is 29.2 Å². The van der Waals surface area contributed by atoms with Gasteiger partial charge in [-0.2, -0.15) is 4.31 Å². The van der Waals surface area contributed by atoms with Crippen molar-refractivity contribution in [2.24, 2.45) is 0 Å². The van der Waals surface area contributed by atoms with Crippen molar-refractivity contribution in [2.45, 2.75) is 17.5 Å². The lowest BCUT2D eigenvalue weighted by Gasteiger charge is -2.35. The standard InChI is InChI=1S/C23H22N2O7S/c1-30-17-6-8-18(9-7-17)31-19-10-12-20(13-11-19)33(28,29)25-15-14-16-4-2-3-5-21(16)22(25)32-23(26)24-27/h2-13,22,27H,14-15H2,1H3,(H,24,26)/t22-/m1/s1. The maximum Gasteiger partial charge on any atom is 0.432 e. The molecule has 1 heterocycles. The van der Waals surface area contributed by atoms with Gasteiger partial charge in [-0.15, -0.1) is 0 Å². The molecular weight excluding hydrogens is 448 g/mol. The van der Waals surface area contributed by atoms with Gasteiger partial charge in [-0.25, -0.2) is 18.7 Å². The number of nitrogens with zero attached hydrogens (tertiary/aromatic N) is 1. The Morgan fingerprint density at radius 1 is 0.970 bits per heavy atom. The van der Waals surface area contributed by atoms with Gasteiger partial charge >= 0.3 is 6.09 Å². The number of sulfonamides is 1. The number of rotatable bonds is 6. The molecule has 0 aromatic heterocycles. The lowest BCUT2D eigenvalue weighted by atomic mass is 10.00. The van der Waals surface area contributed by atoms with E-state index in [9.17, 15) is 13.2 Å². The van der Waals surface area contributed by atoms with Gasteiger partial charge < -0.3 is 14.2 Å². The fourth-order valence-corrected chi connectivity index (χ4v) is 5.09. The second-order valence-electron chi connectivity index (χ2n) is 7.18. The van der Waals surface area contributed by atoms with Crippen LogP contribution in [-0.4, -0.2) is 37.7 Å². The van der Waals surface area contributed by atoms with E-state index in [0.717, 1.165) is 9.87 Å². The van der Waals surface area contributed by atoms with Crippen molar-refractivity contribution in [1.29, 1.82) is 0 Å². The number of ether oxygens (including phenoxy) is 3. The van der Waals surface area contributed by atoms with Crippen LogP contribution in [0.4, 0.5) is 4.79 Å². The minimum absolute atomic E-state index is 0.0157. The molecule has 172 valence electrons. The first-order valence-electron chi connectivity index (χ1n) is 10.0. The number of benzene rings is 3. The second kappa shape index (κ2) is 9.49. The van der Waals surface area contributed by atoms with Gasteiger partial charge in [0.1, 0.15) is 17.2 Å². The Kier molecular flexibility index (Phi) is 6.50. The summed E-state index contributed by atoms with van der Waals surface area (Å²) < 4.78 is 44.0. The van der Waals surface area contributed by atoms with E-state index < -0.39 is 22.3 Å². The SMILES string of the molecule is COc1ccc(Oc2ccc(S(=O)(=O)N3CCc4ccccc4[C@H]3OC(=O)NO)cc2)cc1. The highest BCUT2D eigenvalue weighted by atomic mass is 32.2. The number of fused-ring (bicyclic) bond motifs is 1. The van der Waals surface area contributed by atoms with Gasteiger partial charge in [0.2, 0.25) is 10.0 Å². The summed E-state index contributed by atoms with van der Waals surface area (Å²) in [7, 11) is -2.46. The maximum absolute atomic E-state index is 13.4. The number of carbonyl (C=O) groups is 1. The van der Waals surface area contributed by atoms with Crippen LogP contribution in [0.15, 0.2) is 77.7 Å². The van der Waals surface area contributed by atoms with Gasteiger partial charge in [0, 0.05) is 12.1 Å². The Hall–Kier alpha value is -3.60. The highest BCUT2D eigenvalue weighted by Gasteiger charge is 2.38. The predicted octanol–water partition coefficient (Wildman–Crippen LogP) is 3.85. The highest BCUT2D eigenvalue weighted by molar-refractivity contribution is 7.89. The first kappa shape index (κ1) is 22.6. The van der Waals surface area contributed by atoms with Crippen molar-refractivity contribution >= 4 is 16.1 Å². The average Bonchev–Trinajstić information content (AvgIpc) is 2.85. The zero-order valence-electron chi connectivity index (χ0n) is 17.7. The summed E-state index contributed by atoms with van der Waals surface area (Å²) >= 11 is 0. The summed E-state index contributed by atoms with van der Waals surface area (Å²) in [6, 6.07) is 20.0. The van der Waals surface area contributed by atoms with Crippen LogP contribution in [0.1, 0.15) is 17.4 Å². The topological polar surface area (TPSA) is 114 Å². The number of amides is 1. The van der Waals surface area contributed by atoms with Gasteiger partial charge in [-0.05, 0) is 60.5 Å². The highest BCUT2D eigenvalue weighted by Crippen LogP contribution is 2.35. The van der Waals surface area contributed by atoms with Crippen LogP contribution < -0.4 is 15.0 Å². The fourth-order valence-electron chi connectivity index (χ4n) is 3.60. The molecule has 0 radical (unpaired) electrons. The van der Waals surface area contributed by atoms with Crippen LogP contribution in [0.3, 0.4) is 0 Å². The molecule has 0 unspecified atom stereocenters. The molecule has 0 spiro atoms. The number of hydrogen-bond donors (Lipinski definition) is 2. The monoisotopic (exact) mass is 470 g/mol. The predicted molar refractivity (Wildman–Crippen MR) is 118 cm³/mol. The van der Waals surface area contributed by atoms with Crippen LogP contribution in [0.25, 0.3) is 0 Å². The maximum atomic E-state index is 13.4. The lowest BCUT2D eigenvalue weighted by molar-refractivity contribution is 0.00236. The first-order valence-corrected chi connectivity index (χ1v) is 11.5. The Morgan fingerprint density at radius 3 is 2.21 bits per heavy atom. The van der Waals surface area contributed by atoms with Crippen molar-refractivity contribution in [2.75, 3.05) is 13.7 Å². The number of nitrogens with one attached hydrogen (secondary N) is 1. The van der Waals surface area contributed by atoms with E-state index in [4.69, 9.17) is 19.4 Å². The van der Waals surface area contributed by atoms with E-state index in [1.807, 2.05) is 12.1 Å². The molecule has 0 bridgehead atoms. The molecule has 0 fully saturated rings. The van der Waals surface area contributed by atoms with E-state index in [2.05, 4.69) is 0 Å². The summed E-state index contributed by atoms with van der Waals surface area (Å²) in [6.07, 6.45) is -1.92. The number of methoxy groups -OCH3 is 1. The normalized spacial score (nSPS) is 15.9. The molecule has 0 saturated heterocycles. The van der Waals surface area contributed by atoms with Gasteiger partial charge in [-0.1, -0.05) is 24.3 Å². The molecule has 2 N–H and O–H groups in total. The molecule has 1 atom stereocenters. The van der Waals surface area contributed by atoms with Crippen molar-refractivity contribution in [3.8, 4) is 17.2 Å². The van der Waals surface area contributed by atoms with Crippen LogP contribution in [0.5, 0.6) is 17.2 Å². The van der Waals surface area contributed by atoms with Gasteiger partial charge in [-0.3, -0.25) is 5.21 Å². The Bertz CT molecular complexity index is 1230. The molecule has 33 heavy (non-hydrogen) atoms. The van der Waals surface area contributed by atoms with Crippen molar-refractivity contribution < 1.29 is 32.6 Å². The van der Waals surface area contributed by atoms with Crippen LogP contribution in [0.2, 0.25) is 0 Å². The Labute approximate surface area is 191 Å². The molecule has 1 aliphatic heterocycles. The van der Waals surface area contributed by atoms with E-state index in [-0.39, 0.29) is 11.4 Å². The van der Waals surface area contributed by atoms with Crippen LogP contribution in [0, 0.1) is 0 Å². The third-order valence-corrected chi connectivity index (χ3v) is 7.08. The zero-order valence-corrected chi connectivity index (χ0v) is 18.5. The zero-order chi connectivity index (χ0) is 23.4. The minimum atomic E-state index is -4.03. The van der Waals surface area contributed by atoms with Crippen LogP contribution >= 0.6 is 0 Å². The largest absolute Gasteiger partial charge is 0.497 e. The molecule has 4 rings (SSSR count). The molecule has 9 nitrogen and oxygen atoms in total. The quantitative estimate of drug-likeness (QED) is 0.415. The van der Waals surface area contributed by atoms with Gasteiger partial charge in [0.05, 0.1) is 12.0 Å². The summed E-state index contributed by atoms with van der Waals surface area (Å²) in [5.74, 6) is 1.72. The summed E-state index contributed by atoms with van der Waals surface area (Å²) in [5, 5.41) is 8.89. The second-order valence-corrected chi connectivity index (χ2v) is 9.07.